The highest BCUT2D eigenvalue weighted by Crippen LogP contribution is 2.30. The van der Waals surface area contributed by atoms with Gasteiger partial charge in [-0.25, -0.2) is 4.98 Å². The van der Waals surface area contributed by atoms with Crippen LogP contribution in [-0.2, 0) is 6.54 Å². The number of halogens is 2. The van der Waals surface area contributed by atoms with Gasteiger partial charge in [-0.2, -0.15) is 0 Å². The van der Waals surface area contributed by atoms with Gasteiger partial charge in [-0.3, -0.25) is 0 Å². The molecule has 0 spiro atoms. The van der Waals surface area contributed by atoms with Crippen LogP contribution < -0.4 is 4.74 Å². The number of aryl methyl sites for hydroxylation is 1. The maximum absolute atomic E-state index is 6.36. The highest BCUT2D eigenvalue weighted by molar-refractivity contribution is 6.36. The van der Waals surface area contributed by atoms with E-state index in [0.29, 0.717) is 10.0 Å². The molecule has 0 amide bonds. The summed E-state index contributed by atoms with van der Waals surface area (Å²) in [5, 5.41) is 3.53. The lowest BCUT2D eigenvalue weighted by Crippen LogP contribution is -1.94. The summed E-state index contributed by atoms with van der Waals surface area (Å²) < 4.78 is 7.40. The lowest BCUT2D eigenvalue weighted by atomic mass is 10.1. The van der Waals surface area contributed by atoms with Gasteiger partial charge in [0.2, 0.25) is 0 Å². The molecule has 0 aliphatic rings. The summed E-state index contributed by atoms with van der Waals surface area (Å²) in [5.41, 5.74) is 2.82. The molecule has 4 rings (SSSR count). The van der Waals surface area contributed by atoms with Crippen molar-refractivity contribution in [2.75, 3.05) is 7.11 Å². The van der Waals surface area contributed by atoms with Crippen molar-refractivity contribution in [3.05, 3.63) is 82.2 Å². The minimum Gasteiger partial charge on any atom is -0.497 e. The lowest BCUT2D eigenvalue weighted by molar-refractivity contribution is 0.415. The standard InChI is InChI=1S/C24H20Cl2N2O/c1-3-28-15-23(21-10-8-19(25)14-22(21)26)27-24(28)11-5-16-4-6-18-13-20(29-2)9-7-17(18)12-16/h4-15H,3H2,1-2H3. The molecule has 0 unspecified atom stereocenters. The van der Waals surface area contributed by atoms with Crippen molar-refractivity contribution in [3.8, 4) is 17.0 Å². The summed E-state index contributed by atoms with van der Waals surface area (Å²) in [7, 11) is 1.68. The van der Waals surface area contributed by atoms with Gasteiger partial charge < -0.3 is 9.30 Å². The average Bonchev–Trinajstić information content (AvgIpc) is 3.14. The van der Waals surface area contributed by atoms with Crippen LogP contribution in [0.25, 0.3) is 34.2 Å². The molecule has 0 aliphatic heterocycles. The van der Waals surface area contributed by atoms with E-state index in [2.05, 4.69) is 41.8 Å². The molecule has 0 saturated carbocycles. The largest absolute Gasteiger partial charge is 0.497 e. The van der Waals surface area contributed by atoms with Crippen LogP contribution in [0.5, 0.6) is 5.75 Å². The van der Waals surface area contributed by atoms with Crippen LogP contribution in [0, 0.1) is 0 Å². The number of fused-ring (bicyclic) bond motifs is 1. The zero-order chi connectivity index (χ0) is 20.4. The normalized spacial score (nSPS) is 11.4. The van der Waals surface area contributed by atoms with E-state index in [1.54, 1.807) is 13.2 Å². The van der Waals surface area contributed by atoms with Crippen LogP contribution in [0.3, 0.4) is 0 Å². The molecular formula is C24H20Cl2N2O. The molecule has 0 aliphatic carbocycles. The summed E-state index contributed by atoms with van der Waals surface area (Å²) in [4.78, 5) is 4.77. The first kappa shape index (κ1) is 19.6. The van der Waals surface area contributed by atoms with Crippen LogP contribution in [0.2, 0.25) is 10.0 Å². The van der Waals surface area contributed by atoms with Crippen molar-refractivity contribution in [3.63, 3.8) is 0 Å². The first-order valence-electron chi connectivity index (χ1n) is 9.36. The number of hydrogen-bond acceptors (Lipinski definition) is 2. The highest BCUT2D eigenvalue weighted by atomic mass is 35.5. The number of rotatable bonds is 5. The molecule has 5 heteroatoms. The fourth-order valence-electron chi connectivity index (χ4n) is 3.29. The van der Waals surface area contributed by atoms with Crippen LogP contribution in [0.1, 0.15) is 18.3 Å². The van der Waals surface area contributed by atoms with Crippen molar-refractivity contribution in [2.45, 2.75) is 13.5 Å². The SMILES string of the molecule is CCn1cc(-c2ccc(Cl)cc2Cl)nc1C=Cc1ccc2cc(OC)ccc2c1. The Labute approximate surface area is 180 Å². The number of aromatic nitrogens is 2. The number of imidazole rings is 1. The molecule has 1 aromatic heterocycles. The quantitative estimate of drug-likeness (QED) is 0.339. The van der Waals surface area contributed by atoms with Crippen molar-refractivity contribution < 1.29 is 4.74 Å². The molecule has 0 atom stereocenters. The van der Waals surface area contributed by atoms with Crippen LogP contribution in [0.4, 0.5) is 0 Å². The van der Waals surface area contributed by atoms with E-state index in [0.717, 1.165) is 40.3 Å². The topological polar surface area (TPSA) is 27.1 Å². The number of hydrogen-bond donors (Lipinski definition) is 0. The smallest absolute Gasteiger partial charge is 0.133 e. The second-order valence-corrected chi connectivity index (χ2v) is 7.54. The van der Waals surface area contributed by atoms with Gasteiger partial charge in [-0.1, -0.05) is 47.5 Å². The average molecular weight is 423 g/mol. The van der Waals surface area contributed by atoms with Gasteiger partial charge >= 0.3 is 0 Å². The fourth-order valence-corrected chi connectivity index (χ4v) is 3.79. The van der Waals surface area contributed by atoms with Crippen LogP contribution in [-0.4, -0.2) is 16.7 Å². The summed E-state index contributed by atoms with van der Waals surface area (Å²) in [6, 6.07) is 17.9. The van der Waals surface area contributed by atoms with E-state index < -0.39 is 0 Å². The third-order valence-electron chi connectivity index (χ3n) is 4.85. The van der Waals surface area contributed by atoms with Crippen LogP contribution in [0.15, 0.2) is 60.8 Å². The zero-order valence-electron chi connectivity index (χ0n) is 16.2. The third-order valence-corrected chi connectivity index (χ3v) is 5.40. The molecule has 0 N–H and O–H groups in total. The Morgan fingerprint density at radius 3 is 2.52 bits per heavy atom. The molecule has 1 heterocycles. The van der Waals surface area contributed by atoms with E-state index in [1.807, 2.05) is 36.5 Å². The van der Waals surface area contributed by atoms with Crippen molar-refractivity contribution in [1.29, 1.82) is 0 Å². The van der Waals surface area contributed by atoms with Crippen LogP contribution >= 0.6 is 23.2 Å². The predicted molar refractivity (Wildman–Crippen MR) is 123 cm³/mol. The first-order chi connectivity index (χ1) is 14.1. The molecule has 0 saturated heterocycles. The minimum atomic E-state index is 0.596. The predicted octanol–water partition coefficient (Wildman–Crippen LogP) is 7.21. The van der Waals surface area contributed by atoms with Gasteiger partial charge in [-0.15, -0.1) is 0 Å². The summed E-state index contributed by atoms with van der Waals surface area (Å²) >= 11 is 12.4. The van der Waals surface area contributed by atoms with Gasteiger partial charge in [0.1, 0.15) is 11.6 Å². The van der Waals surface area contributed by atoms with Crippen molar-refractivity contribution in [1.82, 2.24) is 9.55 Å². The molecule has 0 fully saturated rings. The Morgan fingerprint density at radius 1 is 0.966 bits per heavy atom. The minimum absolute atomic E-state index is 0.596. The van der Waals surface area contributed by atoms with Gasteiger partial charge in [0.05, 0.1) is 17.8 Å². The molecule has 4 aromatic rings. The van der Waals surface area contributed by atoms with Crippen molar-refractivity contribution in [2.24, 2.45) is 0 Å². The summed E-state index contributed by atoms with van der Waals surface area (Å²) in [6.07, 6.45) is 6.12. The maximum Gasteiger partial charge on any atom is 0.133 e. The number of benzene rings is 3. The van der Waals surface area contributed by atoms with Gasteiger partial charge in [0.15, 0.2) is 0 Å². The monoisotopic (exact) mass is 422 g/mol. The van der Waals surface area contributed by atoms with Crippen molar-refractivity contribution >= 4 is 46.1 Å². The Morgan fingerprint density at radius 2 is 1.76 bits per heavy atom. The van der Waals surface area contributed by atoms with Gasteiger partial charge in [-0.05, 0) is 65.7 Å². The van der Waals surface area contributed by atoms with E-state index in [9.17, 15) is 0 Å². The number of methoxy groups -OCH3 is 1. The van der Waals surface area contributed by atoms with Gasteiger partial charge in [0.25, 0.3) is 0 Å². The molecule has 0 radical (unpaired) electrons. The second-order valence-electron chi connectivity index (χ2n) is 6.70. The molecule has 29 heavy (non-hydrogen) atoms. The van der Waals surface area contributed by atoms with E-state index in [4.69, 9.17) is 32.9 Å². The number of nitrogens with zero attached hydrogens (tertiary/aromatic N) is 2. The Kier molecular flexibility index (Phi) is 5.61. The highest BCUT2D eigenvalue weighted by Gasteiger charge is 2.10. The molecular weight excluding hydrogens is 403 g/mol. The summed E-state index contributed by atoms with van der Waals surface area (Å²) in [5.74, 6) is 1.74. The zero-order valence-corrected chi connectivity index (χ0v) is 17.7. The molecule has 0 bridgehead atoms. The van der Waals surface area contributed by atoms with E-state index in [1.165, 1.54) is 5.39 Å². The summed E-state index contributed by atoms with van der Waals surface area (Å²) in [6.45, 7) is 2.91. The molecule has 3 aromatic carbocycles. The van der Waals surface area contributed by atoms with Gasteiger partial charge in [0, 0.05) is 23.3 Å². The first-order valence-corrected chi connectivity index (χ1v) is 10.1. The van der Waals surface area contributed by atoms with E-state index >= 15 is 0 Å². The second kappa shape index (κ2) is 8.32. The Balaban J connectivity index is 1.65. The Hall–Kier alpha value is -2.75. The number of ether oxygens (including phenoxy) is 1. The van der Waals surface area contributed by atoms with E-state index in [-0.39, 0.29) is 0 Å². The maximum atomic E-state index is 6.36. The molecule has 146 valence electrons. The molecule has 3 nitrogen and oxygen atoms in total. The lowest BCUT2D eigenvalue weighted by Gasteiger charge is -2.03. The fraction of sp³-hybridized carbons (Fsp3) is 0.125. The third kappa shape index (κ3) is 4.16. The Bertz CT molecular complexity index is 1210.